The lowest BCUT2D eigenvalue weighted by atomic mass is 10.1. The van der Waals surface area contributed by atoms with Gasteiger partial charge >= 0.3 is 0 Å². The number of phenols is 2. The first-order valence-corrected chi connectivity index (χ1v) is 5.68. The molecule has 0 aromatic heterocycles. The van der Waals surface area contributed by atoms with Crippen LogP contribution in [0.2, 0.25) is 0 Å². The molecule has 0 unspecified atom stereocenters. The maximum absolute atomic E-state index is 11.8. The van der Waals surface area contributed by atoms with Crippen molar-refractivity contribution in [1.29, 1.82) is 10.5 Å². The highest BCUT2D eigenvalue weighted by atomic mass is 16.3. The number of para-hydroxylation sites is 1. The van der Waals surface area contributed by atoms with E-state index in [1.807, 2.05) is 12.1 Å². The van der Waals surface area contributed by atoms with E-state index in [-0.39, 0.29) is 5.56 Å². The molecule has 1 aromatic carbocycles. The van der Waals surface area contributed by atoms with Crippen molar-refractivity contribution in [2.24, 2.45) is 0 Å². The molecule has 1 rings (SSSR count). The molecule has 98 valence electrons. The zero-order chi connectivity index (χ0) is 14.3. The summed E-state index contributed by atoms with van der Waals surface area (Å²) in [5.41, 5.74) is -0.0967. The van der Waals surface area contributed by atoms with Crippen molar-refractivity contribution in [3.8, 4) is 23.6 Å². The van der Waals surface area contributed by atoms with E-state index < -0.39 is 23.4 Å². The van der Waals surface area contributed by atoms with E-state index in [1.54, 1.807) is 0 Å². The number of carbonyl (C=O) groups is 1. The Labute approximate surface area is 110 Å². The maximum atomic E-state index is 11.8. The molecule has 0 aliphatic carbocycles. The molecule has 0 saturated heterocycles. The Balaban J connectivity index is 2.71. The topological polar surface area (TPSA) is 117 Å². The SMILES string of the molecule is N#CCCC[C@H](C#N)NC(=O)c1cccc(O)c1O. The van der Waals surface area contributed by atoms with Crippen molar-refractivity contribution in [1.82, 2.24) is 5.32 Å². The summed E-state index contributed by atoms with van der Waals surface area (Å²) in [6.07, 6.45) is 1.17. The van der Waals surface area contributed by atoms with E-state index >= 15 is 0 Å². The first-order chi connectivity index (χ1) is 9.10. The molecule has 0 aliphatic rings. The van der Waals surface area contributed by atoms with Gasteiger partial charge in [-0.05, 0) is 25.0 Å². The number of hydrogen-bond acceptors (Lipinski definition) is 5. The number of hydrogen-bond donors (Lipinski definition) is 3. The second-order valence-electron chi connectivity index (χ2n) is 3.88. The Morgan fingerprint density at radius 3 is 2.74 bits per heavy atom. The van der Waals surface area contributed by atoms with Crippen LogP contribution in [-0.4, -0.2) is 22.2 Å². The molecule has 1 atom stereocenters. The van der Waals surface area contributed by atoms with Gasteiger partial charge in [0.2, 0.25) is 0 Å². The lowest BCUT2D eigenvalue weighted by Crippen LogP contribution is -2.33. The molecule has 6 heteroatoms. The monoisotopic (exact) mass is 259 g/mol. The Morgan fingerprint density at radius 2 is 2.11 bits per heavy atom. The number of carbonyl (C=O) groups excluding carboxylic acids is 1. The van der Waals surface area contributed by atoms with Crippen LogP contribution in [0.15, 0.2) is 18.2 Å². The number of rotatable bonds is 5. The van der Waals surface area contributed by atoms with Crippen LogP contribution in [0.3, 0.4) is 0 Å². The molecule has 0 fully saturated rings. The molecule has 0 spiro atoms. The van der Waals surface area contributed by atoms with E-state index in [1.165, 1.54) is 18.2 Å². The van der Waals surface area contributed by atoms with E-state index in [2.05, 4.69) is 5.32 Å². The van der Waals surface area contributed by atoms with Gasteiger partial charge < -0.3 is 15.5 Å². The van der Waals surface area contributed by atoms with Crippen molar-refractivity contribution in [3.63, 3.8) is 0 Å². The third kappa shape index (κ3) is 3.90. The normalized spacial score (nSPS) is 11.1. The van der Waals surface area contributed by atoms with E-state index in [4.69, 9.17) is 10.5 Å². The molecular weight excluding hydrogens is 246 g/mol. The number of nitriles is 2. The minimum absolute atomic E-state index is 0.0967. The third-order valence-electron chi connectivity index (χ3n) is 2.50. The minimum Gasteiger partial charge on any atom is -0.504 e. The number of phenolic OH excluding ortho intramolecular Hbond substituents is 2. The van der Waals surface area contributed by atoms with Crippen LogP contribution in [-0.2, 0) is 0 Å². The number of unbranched alkanes of at least 4 members (excludes halogenated alkanes) is 1. The molecule has 19 heavy (non-hydrogen) atoms. The highest BCUT2D eigenvalue weighted by molar-refractivity contribution is 5.97. The van der Waals surface area contributed by atoms with Crippen LogP contribution in [0.25, 0.3) is 0 Å². The quantitative estimate of drug-likeness (QED) is 0.546. The summed E-state index contributed by atoms with van der Waals surface area (Å²) in [5.74, 6) is -1.56. The first-order valence-electron chi connectivity index (χ1n) is 5.68. The van der Waals surface area contributed by atoms with Gasteiger partial charge in [0, 0.05) is 6.42 Å². The predicted octanol–water partition coefficient (Wildman–Crippen LogP) is 1.41. The summed E-state index contributed by atoms with van der Waals surface area (Å²) in [7, 11) is 0. The summed E-state index contributed by atoms with van der Waals surface area (Å²) in [6, 6.07) is 7.14. The Kier molecular flexibility index (Phi) is 5.18. The van der Waals surface area contributed by atoms with Gasteiger partial charge in [-0.15, -0.1) is 0 Å². The largest absolute Gasteiger partial charge is 0.504 e. The van der Waals surface area contributed by atoms with E-state index in [0.717, 1.165) is 0 Å². The van der Waals surface area contributed by atoms with Gasteiger partial charge in [-0.25, -0.2) is 0 Å². The number of benzene rings is 1. The number of amides is 1. The van der Waals surface area contributed by atoms with Crippen LogP contribution >= 0.6 is 0 Å². The molecule has 0 saturated carbocycles. The van der Waals surface area contributed by atoms with Crippen molar-refractivity contribution in [3.05, 3.63) is 23.8 Å². The molecule has 1 aromatic rings. The average Bonchev–Trinajstić information content (AvgIpc) is 2.40. The van der Waals surface area contributed by atoms with Gasteiger partial charge in [0.05, 0.1) is 17.7 Å². The van der Waals surface area contributed by atoms with Crippen molar-refractivity contribution >= 4 is 5.91 Å². The standard InChI is InChI=1S/C13H13N3O3/c14-7-2-1-4-9(8-15)16-13(19)10-5-3-6-11(17)12(10)18/h3,5-6,9,17-18H,1-2,4H2,(H,16,19)/t9-/m1/s1. The summed E-state index contributed by atoms with van der Waals surface area (Å²) >= 11 is 0. The molecule has 1 amide bonds. The summed E-state index contributed by atoms with van der Waals surface area (Å²) in [6.45, 7) is 0. The lowest BCUT2D eigenvalue weighted by molar-refractivity contribution is 0.0940. The molecule has 0 bridgehead atoms. The highest BCUT2D eigenvalue weighted by Crippen LogP contribution is 2.28. The van der Waals surface area contributed by atoms with E-state index in [9.17, 15) is 15.0 Å². The Hall–Kier alpha value is -2.73. The zero-order valence-corrected chi connectivity index (χ0v) is 10.1. The van der Waals surface area contributed by atoms with Gasteiger partial charge in [-0.2, -0.15) is 10.5 Å². The van der Waals surface area contributed by atoms with Crippen LogP contribution in [0.4, 0.5) is 0 Å². The predicted molar refractivity (Wildman–Crippen MR) is 66.1 cm³/mol. The van der Waals surface area contributed by atoms with Crippen LogP contribution in [0.5, 0.6) is 11.5 Å². The second kappa shape index (κ2) is 6.87. The molecule has 3 N–H and O–H groups in total. The number of nitrogens with zero attached hydrogens (tertiary/aromatic N) is 2. The van der Waals surface area contributed by atoms with Gasteiger partial charge in [-0.1, -0.05) is 6.07 Å². The van der Waals surface area contributed by atoms with Gasteiger partial charge in [0.1, 0.15) is 6.04 Å². The van der Waals surface area contributed by atoms with Crippen LogP contribution in [0, 0.1) is 22.7 Å². The molecule has 6 nitrogen and oxygen atoms in total. The fraction of sp³-hybridized carbons (Fsp3) is 0.308. The number of nitrogens with one attached hydrogen (secondary N) is 1. The summed E-state index contributed by atoms with van der Waals surface area (Å²) in [5, 5.41) is 38.5. The lowest BCUT2D eigenvalue weighted by Gasteiger charge is -2.11. The molecular formula is C13H13N3O3. The van der Waals surface area contributed by atoms with E-state index in [0.29, 0.717) is 19.3 Å². The Bertz CT molecular complexity index is 543. The molecule has 0 aliphatic heterocycles. The van der Waals surface area contributed by atoms with Crippen molar-refractivity contribution < 1.29 is 15.0 Å². The third-order valence-corrected chi connectivity index (χ3v) is 2.50. The molecule has 0 heterocycles. The first kappa shape index (κ1) is 14.3. The maximum Gasteiger partial charge on any atom is 0.256 e. The van der Waals surface area contributed by atoms with Crippen molar-refractivity contribution in [2.45, 2.75) is 25.3 Å². The number of aromatic hydroxyl groups is 2. The van der Waals surface area contributed by atoms with Gasteiger partial charge in [-0.3, -0.25) is 4.79 Å². The summed E-state index contributed by atoms with van der Waals surface area (Å²) in [4.78, 5) is 11.8. The van der Waals surface area contributed by atoms with Gasteiger partial charge in [0.25, 0.3) is 5.91 Å². The fourth-order valence-corrected chi connectivity index (χ4v) is 1.50. The van der Waals surface area contributed by atoms with Crippen molar-refractivity contribution in [2.75, 3.05) is 0 Å². The highest BCUT2D eigenvalue weighted by Gasteiger charge is 2.17. The van der Waals surface area contributed by atoms with Crippen LogP contribution in [0.1, 0.15) is 29.6 Å². The Morgan fingerprint density at radius 1 is 1.37 bits per heavy atom. The second-order valence-corrected chi connectivity index (χ2v) is 3.88. The zero-order valence-electron chi connectivity index (χ0n) is 10.1. The molecule has 0 radical (unpaired) electrons. The summed E-state index contributed by atoms with van der Waals surface area (Å²) < 4.78 is 0. The fourth-order valence-electron chi connectivity index (χ4n) is 1.50. The minimum atomic E-state index is -0.734. The van der Waals surface area contributed by atoms with Gasteiger partial charge in [0.15, 0.2) is 11.5 Å². The smallest absolute Gasteiger partial charge is 0.256 e. The average molecular weight is 259 g/mol. The van der Waals surface area contributed by atoms with Crippen LogP contribution < -0.4 is 5.32 Å².